The minimum atomic E-state index is 0.303. The van der Waals surface area contributed by atoms with Gasteiger partial charge in [0.2, 0.25) is 0 Å². The Morgan fingerprint density at radius 3 is 2.50 bits per heavy atom. The molecular formula is C13H9NOS. The maximum absolute atomic E-state index is 9.70. The van der Waals surface area contributed by atoms with Gasteiger partial charge in [-0.05, 0) is 12.1 Å². The van der Waals surface area contributed by atoms with Crippen LogP contribution in [0, 0.1) is 0 Å². The molecule has 0 aliphatic rings. The van der Waals surface area contributed by atoms with Gasteiger partial charge in [0.1, 0.15) is 10.8 Å². The first-order valence-corrected chi connectivity index (χ1v) is 5.80. The van der Waals surface area contributed by atoms with Gasteiger partial charge in [0.05, 0.1) is 10.2 Å². The fourth-order valence-corrected chi connectivity index (χ4v) is 2.62. The summed E-state index contributed by atoms with van der Waals surface area (Å²) in [6.45, 7) is 0. The third-order valence-electron chi connectivity index (χ3n) is 2.41. The molecule has 2 aromatic carbocycles. The van der Waals surface area contributed by atoms with E-state index >= 15 is 0 Å². The molecule has 0 atom stereocenters. The lowest BCUT2D eigenvalue weighted by Crippen LogP contribution is -1.73. The highest BCUT2D eigenvalue weighted by Gasteiger charge is 2.08. The molecule has 0 bridgehead atoms. The van der Waals surface area contributed by atoms with Gasteiger partial charge in [-0.2, -0.15) is 0 Å². The summed E-state index contributed by atoms with van der Waals surface area (Å²) >= 11 is 1.52. The van der Waals surface area contributed by atoms with Crippen molar-refractivity contribution in [1.82, 2.24) is 4.98 Å². The van der Waals surface area contributed by atoms with E-state index in [1.807, 2.05) is 42.5 Å². The van der Waals surface area contributed by atoms with Gasteiger partial charge < -0.3 is 5.11 Å². The number of thiazole rings is 1. The van der Waals surface area contributed by atoms with E-state index in [4.69, 9.17) is 0 Å². The van der Waals surface area contributed by atoms with Crippen molar-refractivity contribution < 1.29 is 5.11 Å². The average molecular weight is 227 g/mol. The predicted octanol–water partition coefficient (Wildman–Crippen LogP) is 3.67. The Kier molecular flexibility index (Phi) is 2.11. The Hall–Kier alpha value is -1.87. The molecule has 0 aliphatic heterocycles. The lowest BCUT2D eigenvalue weighted by molar-refractivity contribution is 0.482. The van der Waals surface area contributed by atoms with Crippen LogP contribution in [0.25, 0.3) is 20.8 Å². The molecule has 1 N–H and O–H groups in total. The van der Waals surface area contributed by atoms with Crippen LogP contribution < -0.4 is 0 Å². The average Bonchev–Trinajstić information content (AvgIpc) is 2.76. The van der Waals surface area contributed by atoms with Crippen LogP contribution in [0.1, 0.15) is 0 Å². The Labute approximate surface area is 96.8 Å². The van der Waals surface area contributed by atoms with E-state index in [0.29, 0.717) is 5.75 Å². The minimum absolute atomic E-state index is 0.303. The molecule has 3 rings (SSSR count). The lowest BCUT2D eigenvalue weighted by Gasteiger charge is -1.92. The summed E-state index contributed by atoms with van der Waals surface area (Å²) in [6, 6.07) is 15.4. The SMILES string of the molecule is Oc1cccc2nc(-c3ccccc3)sc12. The Morgan fingerprint density at radius 2 is 1.75 bits per heavy atom. The summed E-state index contributed by atoms with van der Waals surface area (Å²) < 4.78 is 0.848. The molecule has 1 aromatic heterocycles. The number of fused-ring (bicyclic) bond motifs is 1. The summed E-state index contributed by atoms with van der Waals surface area (Å²) in [7, 11) is 0. The van der Waals surface area contributed by atoms with Crippen molar-refractivity contribution in [2.75, 3.05) is 0 Å². The Balaban J connectivity index is 2.23. The van der Waals surface area contributed by atoms with Crippen LogP contribution in [-0.4, -0.2) is 10.1 Å². The van der Waals surface area contributed by atoms with Crippen LogP contribution in [0.2, 0.25) is 0 Å². The van der Waals surface area contributed by atoms with E-state index in [0.717, 1.165) is 20.8 Å². The third kappa shape index (κ3) is 1.46. The van der Waals surface area contributed by atoms with Crippen molar-refractivity contribution in [3.05, 3.63) is 48.5 Å². The van der Waals surface area contributed by atoms with Gasteiger partial charge in [-0.25, -0.2) is 4.98 Å². The largest absolute Gasteiger partial charge is 0.506 e. The number of hydrogen-bond donors (Lipinski definition) is 1. The fourth-order valence-electron chi connectivity index (χ4n) is 1.64. The maximum atomic E-state index is 9.70. The molecule has 1 heterocycles. The zero-order valence-corrected chi connectivity index (χ0v) is 9.24. The molecule has 78 valence electrons. The predicted molar refractivity (Wildman–Crippen MR) is 66.7 cm³/mol. The molecule has 0 saturated carbocycles. The highest BCUT2D eigenvalue weighted by atomic mass is 32.1. The first kappa shape index (κ1) is 9.36. The molecule has 16 heavy (non-hydrogen) atoms. The monoisotopic (exact) mass is 227 g/mol. The number of aromatic hydroxyl groups is 1. The molecule has 2 nitrogen and oxygen atoms in total. The Morgan fingerprint density at radius 1 is 0.938 bits per heavy atom. The van der Waals surface area contributed by atoms with Crippen LogP contribution in [0.3, 0.4) is 0 Å². The van der Waals surface area contributed by atoms with Crippen molar-refractivity contribution in [3.8, 4) is 16.3 Å². The van der Waals surface area contributed by atoms with Crippen LogP contribution in [-0.2, 0) is 0 Å². The topological polar surface area (TPSA) is 33.1 Å². The summed E-state index contributed by atoms with van der Waals surface area (Å²) in [5.41, 5.74) is 1.94. The highest BCUT2D eigenvalue weighted by molar-refractivity contribution is 7.22. The normalized spacial score (nSPS) is 10.8. The first-order valence-electron chi connectivity index (χ1n) is 4.98. The second kappa shape index (κ2) is 3.61. The second-order valence-corrected chi connectivity index (χ2v) is 4.51. The summed E-state index contributed by atoms with van der Waals surface area (Å²) in [6.07, 6.45) is 0. The molecule has 0 radical (unpaired) electrons. The molecule has 3 aromatic rings. The number of nitrogens with zero attached hydrogens (tertiary/aromatic N) is 1. The zero-order chi connectivity index (χ0) is 11.0. The van der Waals surface area contributed by atoms with Crippen LogP contribution in [0.5, 0.6) is 5.75 Å². The van der Waals surface area contributed by atoms with E-state index < -0.39 is 0 Å². The van der Waals surface area contributed by atoms with Gasteiger partial charge in [-0.3, -0.25) is 0 Å². The first-order chi connectivity index (χ1) is 7.84. The number of rotatable bonds is 1. The van der Waals surface area contributed by atoms with E-state index in [2.05, 4.69) is 4.98 Å². The van der Waals surface area contributed by atoms with Gasteiger partial charge in [0.25, 0.3) is 0 Å². The van der Waals surface area contributed by atoms with Crippen molar-refractivity contribution in [3.63, 3.8) is 0 Å². The molecule has 3 heteroatoms. The zero-order valence-electron chi connectivity index (χ0n) is 8.42. The minimum Gasteiger partial charge on any atom is -0.506 e. The van der Waals surface area contributed by atoms with E-state index in [9.17, 15) is 5.11 Å². The van der Waals surface area contributed by atoms with Crippen molar-refractivity contribution >= 4 is 21.6 Å². The number of phenolic OH excluding ortho intramolecular Hbond substituents is 1. The molecule has 0 aliphatic carbocycles. The van der Waals surface area contributed by atoms with E-state index in [-0.39, 0.29) is 0 Å². The molecular weight excluding hydrogens is 218 g/mol. The van der Waals surface area contributed by atoms with Gasteiger partial charge in [0.15, 0.2) is 0 Å². The standard InChI is InChI=1S/C13H9NOS/c15-11-8-4-7-10-12(11)16-13(14-10)9-5-2-1-3-6-9/h1-8,15H. The number of phenols is 1. The number of hydrogen-bond acceptors (Lipinski definition) is 3. The molecule has 0 spiro atoms. The summed E-state index contributed by atoms with van der Waals surface area (Å²) in [5.74, 6) is 0.303. The van der Waals surface area contributed by atoms with Gasteiger partial charge in [-0.1, -0.05) is 36.4 Å². The van der Waals surface area contributed by atoms with Crippen molar-refractivity contribution in [2.45, 2.75) is 0 Å². The number of aromatic nitrogens is 1. The smallest absolute Gasteiger partial charge is 0.135 e. The molecule has 0 saturated heterocycles. The van der Waals surface area contributed by atoms with Crippen molar-refractivity contribution in [1.29, 1.82) is 0 Å². The lowest BCUT2D eigenvalue weighted by atomic mass is 10.2. The third-order valence-corrected chi connectivity index (χ3v) is 3.56. The Bertz CT molecular complexity index is 631. The van der Waals surface area contributed by atoms with Crippen molar-refractivity contribution in [2.24, 2.45) is 0 Å². The van der Waals surface area contributed by atoms with Crippen LogP contribution >= 0.6 is 11.3 Å². The van der Waals surface area contributed by atoms with Gasteiger partial charge in [0, 0.05) is 5.56 Å². The van der Waals surface area contributed by atoms with E-state index in [1.54, 1.807) is 6.07 Å². The summed E-state index contributed by atoms with van der Waals surface area (Å²) in [4.78, 5) is 4.50. The maximum Gasteiger partial charge on any atom is 0.135 e. The van der Waals surface area contributed by atoms with Gasteiger partial charge >= 0.3 is 0 Å². The highest BCUT2D eigenvalue weighted by Crippen LogP contribution is 2.34. The quantitative estimate of drug-likeness (QED) is 0.688. The van der Waals surface area contributed by atoms with Crippen LogP contribution in [0.15, 0.2) is 48.5 Å². The molecule has 0 unspecified atom stereocenters. The van der Waals surface area contributed by atoms with Crippen LogP contribution in [0.4, 0.5) is 0 Å². The molecule has 0 amide bonds. The summed E-state index contributed by atoms with van der Waals surface area (Å²) in [5, 5.41) is 10.6. The second-order valence-electron chi connectivity index (χ2n) is 3.51. The number of benzene rings is 2. The fraction of sp³-hybridized carbons (Fsp3) is 0. The van der Waals surface area contributed by atoms with E-state index in [1.165, 1.54) is 11.3 Å². The van der Waals surface area contributed by atoms with Gasteiger partial charge in [-0.15, -0.1) is 11.3 Å². The molecule has 0 fully saturated rings.